The van der Waals surface area contributed by atoms with E-state index in [1.165, 1.54) is 0 Å². The molecule has 0 bridgehead atoms. The van der Waals surface area contributed by atoms with Gasteiger partial charge in [0.2, 0.25) is 11.8 Å². The van der Waals surface area contributed by atoms with Crippen molar-refractivity contribution >= 4 is 34.8 Å². The molecule has 0 spiro atoms. The zero-order valence-electron chi connectivity index (χ0n) is 14.8. The van der Waals surface area contributed by atoms with Gasteiger partial charge in [-0.1, -0.05) is 11.6 Å². The van der Waals surface area contributed by atoms with Gasteiger partial charge in [0.1, 0.15) is 13.2 Å². The Kier molecular flexibility index (Phi) is 4.66. The topological polar surface area (TPSA) is 76.7 Å². The van der Waals surface area contributed by atoms with Crippen LogP contribution in [0.1, 0.15) is 12.0 Å². The van der Waals surface area contributed by atoms with Gasteiger partial charge in [-0.15, -0.1) is 0 Å². The van der Waals surface area contributed by atoms with Crippen molar-refractivity contribution in [3.8, 4) is 11.5 Å². The first kappa shape index (κ1) is 17.7. The van der Waals surface area contributed by atoms with E-state index in [1.807, 2.05) is 6.92 Å². The van der Waals surface area contributed by atoms with E-state index < -0.39 is 0 Å². The maximum Gasteiger partial charge on any atom is 0.228 e. The van der Waals surface area contributed by atoms with Crippen LogP contribution in [0.5, 0.6) is 11.5 Å². The summed E-state index contributed by atoms with van der Waals surface area (Å²) in [6.07, 6.45) is 0.537. The predicted octanol–water partition coefficient (Wildman–Crippen LogP) is 3.63. The second kappa shape index (κ2) is 7.12. The smallest absolute Gasteiger partial charge is 0.228 e. The molecule has 6 nitrogen and oxygen atoms in total. The van der Waals surface area contributed by atoms with Crippen molar-refractivity contribution in [1.29, 1.82) is 0 Å². The fraction of sp³-hybridized carbons (Fsp3) is 0.300. The van der Waals surface area contributed by atoms with Gasteiger partial charge in [0, 0.05) is 22.5 Å². The van der Waals surface area contributed by atoms with Crippen molar-refractivity contribution in [3.05, 3.63) is 47.0 Å². The minimum Gasteiger partial charge on any atom is -0.486 e. The van der Waals surface area contributed by atoms with Crippen molar-refractivity contribution in [2.24, 2.45) is 11.8 Å². The van der Waals surface area contributed by atoms with E-state index in [0.717, 1.165) is 5.56 Å². The van der Waals surface area contributed by atoms with Crippen LogP contribution in [0.25, 0.3) is 0 Å². The van der Waals surface area contributed by atoms with Crippen LogP contribution in [-0.4, -0.2) is 25.0 Å². The summed E-state index contributed by atoms with van der Waals surface area (Å²) >= 11 is 5.93. The minimum absolute atomic E-state index is 0.150. The highest BCUT2D eigenvalue weighted by Crippen LogP contribution is 2.41. The summed E-state index contributed by atoms with van der Waals surface area (Å²) in [5.41, 5.74) is 2.22. The van der Waals surface area contributed by atoms with Gasteiger partial charge in [0.15, 0.2) is 11.5 Å². The molecule has 2 aliphatic rings. The average Bonchev–Trinajstić information content (AvgIpc) is 3.45. The lowest BCUT2D eigenvalue weighted by Crippen LogP contribution is -2.21. The number of halogens is 1. The second-order valence-corrected chi connectivity index (χ2v) is 7.18. The van der Waals surface area contributed by atoms with Crippen molar-refractivity contribution in [1.82, 2.24) is 0 Å². The number of carbonyl (C=O) groups is 2. The monoisotopic (exact) mass is 386 g/mol. The number of hydrogen-bond acceptors (Lipinski definition) is 4. The van der Waals surface area contributed by atoms with Gasteiger partial charge in [-0.2, -0.15) is 0 Å². The molecule has 27 heavy (non-hydrogen) atoms. The molecule has 0 radical (unpaired) electrons. The van der Waals surface area contributed by atoms with Crippen LogP contribution in [0.15, 0.2) is 36.4 Å². The molecular weight excluding hydrogens is 368 g/mol. The molecule has 2 N–H and O–H groups in total. The number of anilines is 2. The Morgan fingerprint density at radius 3 is 2.41 bits per heavy atom. The third-order valence-corrected chi connectivity index (χ3v) is 4.96. The molecule has 7 heteroatoms. The summed E-state index contributed by atoms with van der Waals surface area (Å²) in [5.74, 6) is 0.314. The summed E-state index contributed by atoms with van der Waals surface area (Å²) in [6.45, 7) is 2.88. The van der Waals surface area contributed by atoms with E-state index in [2.05, 4.69) is 10.6 Å². The molecule has 2 atom stereocenters. The third kappa shape index (κ3) is 3.85. The molecule has 0 aromatic heterocycles. The number of ether oxygens (including phenoxy) is 2. The largest absolute Gasteiger partial charge is 0.486 e. The normalized spacial score (nSPS) is 19.9. The minimum atomic E-state index is -0.328. The summed E-state index contributed by atoms with van der Waals surface area (Å²) in [7, 11) is 0. The van der Waals surface area contributed by atoms with Gasteiger partial charge in [0.05, 0.1) is 11.8 Å². The third-order valence-electron chi connectivity index (χ3n) is 4.72. The molecule has 140 valence electrons. The standard InChI is InChI=1S/C20H19ClN2O4/c1-11-8-12(21)2-4-16(11)23-20(25)15-10-14(15)19(24)22-13-3-5-17-18(9-13)27-7-6-26-17/h2-5,8-9,14-15H,6-7,10H2,1H3,(H,22,24)(H,23,25). The van der Waals surface area contributed by atoms with E-state index in [1.54, 1.807) is 36.4 Å². The quantitative estimate of drug-likeness (QED) is 0.841. The molecule has 1 fully saturated rings. The summed E-state index contributed by atoms with van der Waals surface area (Å²) in [4.78, 5) is 24.9. The number of rotatable bonds is 4. The van der Waals surface area contributed by atoms with Crippen LogP contribution in [0.3, 0.4) is 0 Å². The van der Waals surface area contributed by atoms with Crippen LogP contribution >= 0.6 is 11.6 Å². The Morgan fingerprint density at radius 1 is 0.963 bits per heavy atom. The molecule has 2 amide bonds. The van der Waals surface area contributed by atoms with E-state index >= 15 is 0 Å². The number of fused-ring (bicyclic) bond motifs is 1. The van der Waals surface area contributed by atoms with Crippen LogP contribution in [0.4, 0.5) is 11.4 Å². The zero-order chi connectivity index (χ0) is 19.0. The highest BCUT2D eigenvalue weighted by molar-refractivity contribution is 6.30. The first-order valence-electron chi connectivity index (χ1n) is 8.79. The fourth-order valence-corrected chi connectivity index (χ4v) is 3.35. The SMILES string of the molecule is Cc1cc(Cl)ccc1NC(=O)C1CC1C(=O)Nc1ccc2c(c1)OCCO2. The lowest BCUT2D eigenvalue weighted by Gasteiger charge is -2.19. The highest BCUT2D eigenvalue weighted by atomic mass is 35.5. The lowest BCUT2D eigenvalue weighted by atomic mass is 10.2. The molecule has 1 aliphatic carbocycles. The van der Waals surface area contributed by atoms with E-state index in [4.69, 9.17) is 21.1 Å². The number of amides is 2. The average molecular weight is 387 g/mol. The van der Waals surface area contributed by atoms with Crippen LogP contribution in [0, 0.1) is 18.8 Å². The molecule has 2 unspecified atom stereocenters. The first-order chi connectivity index (χ1) is 13.0. The van der Waals surface area contributed by atoms with Crippen LogP contribution in [0.2, 0.25) is 5.02 Å². The fourth-order valence-electron chi connectivity index (χ4n) is 3.12. The Hall–Kier alpha value is -2.73. The Bertz CT molecular complexity index is 915. The van der Waals surface area contributed by atoms with E-state index in [-0.39, 0.29) is 23.7 Å². The van der Waals surface area contributed by atoms with Crippen molar-refractivity contribution in [3.63, 3.8) is 0 Å². The molecule has 2 aromatic rings. The molecule has 1 saturated carbocycles. The summed E-state index contributed by atoms with van der Waals surface area (Å²) < 4.78 is 11.0. The van der Waals surface area contributed by atoms with Gasteiger partial charge in [0.25, 0.3) is 0 Å². The molecular formula is C20H19ClN2O4. The second-order valence-electron chi connectivity index (χ2n) is 6.74. The lowest BCUT2D eigenvalue weighted by molar-refractivity contribution is -0.122. The van der Waals surface area contributed by atoms with Crippen molar-refractivity contribution in [2.45, 2.75) is 13.3 Å². The van der Waals surface area contributed by atoms with Crippen LogP contribution < -0.4 is 20.1 Å². The number of benzene rings is 2. The maximum atomic E-state index is 12.4. The molecule has 1 heterocycles. The Balaban J connectivity index is 1.35. The van der Waals surface area contributed by atoms with Crippen molar-refractivity contribution in [2.75, 3.05) is 23.8 Å². The van der Waals surface area contributed by atoms with Gasteiger partial charge < -0.3 is 20.1 Å². The molecule has 2 aromatic carbocycles. The molecule has 1 aliphatic heterocycles. The number of hydrogen-bond donors (Lipinski definition) is 2. The predicted molar refractivity (Wildman–Crippen MR) is 102 cm³/mol. The maximum absolute atomic E-state index is 12.4. The van der Waals surface area contributed by atoms with E-state index in [0.29, 0.717) is 47.5 Å². The Morgan fingerprint density at radius 2 is 1.67 bits per heavy atom. The number of carbonyl (C=O) groups excluding carboxylic acids is 2. The highest BCUT2D eigenvalue weighted by Gasteiger charge is 2.48. The van der Waals surface area contributed by atoms with Gasteiger partial charge in [-0.05, 0) is 49.2 Å². The zero-order valence-corrected chi connectivity index (χ0v) is 15.5. The summed E-state index contributed by atoms with van der Waals surface area (Å²) in [6, 6.07) is 10.5. The van der Waals surface area contributed by atoms with Gasteiger partial charge in [-0.25, -0.2) is 0 Å². The number of aryl methyl sites for hydroxylation is 1. The molecule has 0 saturated heterocycles. The van der Waals surface area contributed by atoms with Crippen LogP contribution in [-0.2, 0) is 9.59 Å². The number of nitrogens with one attached hydrogen (secondary N) is 2. The van der Waals surface area contributed by atoms with Crippen molar-refractivity contribution < 1.29 is 19.1 Å². The van der Waals surface area contributed by atoms with E-state index in [9.17, 15) is 9.59 Å². The van der Waals surface area contributed by atoms with Gasteiger partial charge in [-0.3, -0.25) is 9.59 Å². The van der Waals surface area contributed by atoms with Gasteiger partial charge >= 0.3 is 0 Å². The Labute approximate surface area is 161 Å². The summed E-state index contributed by atoms with van der Waals surface area (Å²) in [5, 5.41) is 6.34. The molecule has 4 rings (SSSR count). The first-order valence-corrected chi connectivity index (χ1v) is 9.16.